The van der Waals surface area contributed by atoms with Gasteiger partial charge in [0.1, 0.15) is 5.01 Å². The maximum Gasteiger partial charge on any atom is 0.174 e. The number of hydrogen-bond acceptors (Lipinski definition) is 5. The molecule has 2 aromatic rings. The van der Waals surface area contributed by atoms with Crippen molar-refractivity contribution in [2.75, 3.05) is 11.1 Å². The lowest BCUT2D eigenvalue weighted by Crippen LogP contribution is -2.02. The van der Waals surface area contributed by atoms with Crippen LogP contribution in [0, 0.1) is 13.8 Å². The molecular formula is C13H17N3S2. The Labute approximate surface area is 116 Å². The molecule has 0 aliphatic rings. The quantitative estimate of drug-likeness (QED) is 0.843. The molecule has 0 radical (unpaired) electrons. The standard InChI is InChI=1S/C13H17N3S2/c1-4-17-13-16-15-11(18-13)8-14-12-9(2)6-5-7-10(12)3/h5-7,14H,4,8H2,1-3H3. The Morgan fingerprint density at radius 3 is 2.61 bits per heavy atom. The van der Waals surface area contributed by atoms with Crippen molar-refractivity contribution in [2.24, 2.45) is 0 Å². The van der Waals surface area contributed by atoms with Crippen LogP contribution in [0.1, 0.15) is 23.1 Å². The van der Waals surface area contributed by atoms with E-state index in [9.17, 15) is 0 Å². The number of aromatic nitrogens is 2. The van der Waals surface area contributed by atoms with Gasteiger partial charge in [-0.2, -0.15) is 0 Å². The summed E-state index contributed by atoms with van der Waals surface area (Å²) in [6.07, 6.45) is 0. The second-order valence-electron chi connectivity index (χ2n) is 4.02. The Morgan fingerprint density at radius 2 is 1.94 bits per heavy atom. The van der Waals surface area contributed by atoms with Crippen molar-refractivity contribution < 1.29 is 0 Å². The fraction of sp³-hybridized carbons (Fsp3) is 0.385. The third kappa shape index (κ3) is 3.23. The Kier molecular flexibility index (Phi) is 4.60. The van der Waals surface area contributed by atoms with Crippen molar-refractivity contribution in [3.63, 3.8) is 0 Å². The molecule has 0 saturated carbocycles. The van der Waals surface area contributed by atoms with E-state index >= 15 is 0 Å². The summed E-state index contributed by atoms with van der Waals surface area (Å²) < 4.78 is 1.05. The normalized spacial score (nSPS) is 10.6. The predicted octanol–water partition coefficient (Wildman–Crippen LogP) is 3.88. The summed E-state index contributed by atoms with van der Waals surface area (Å²) in [5, 5.41) is 12.8. The first-order chi connectivity index (χ1) is 8.70. The highest BCUT2D eigenvalue weighted by Crippen LogP contribution is 2.24. The van der Waals surface area contributed by atoms with Crippen molar-refractivity contribution in [3.8, 4) is 0 Å². The highest BCUT2D eigenvalue weighted by Gasteiger charge is 2.06. The molecule has 0 unspecified atom stereocenters. The van der Waals surface area contributed by atoms with Crippen LogP contribution in [-0.4, -0.2) is 16.0 Å². The van der Waals surface area contributed by atoms with Gasteiger partial charge in [-0.15, -0.1) is 10.2 Å². The lowest BCUT2D eigenvalue weighted by Gasteiger charge is -2.10. The molecule has 0 spiro atoms. The SMILES string of the molecule is CCSc1nnc(CNc2c(C)cccc2C)s1. The molecular weight excluding hydrogens is 262 g/mol. The van der Waals surface area contributed by atoms with Crippen molar-refractivity contribution in [1.82, 2.24) is 10.2 Å². The number of para-hydroxylation sites is 1. The van der Waals surface area contributed by atoms with Crippen LogP contribution in [0.4, 0.5) is 5.69 Å². The molecule has 96 valence electrons. The van der Waals surface area contributed by atoms with E-state index in [1.807, 2.05) is 0 Å². The second-order valence-corrected chi connectivity index (χ2v) is 6.59. The van der Waals surface area contributed by atoms with E-state index in [0.717, 1.165) is 21.6 Å². The molecule has 0 atom stereocenters. The van der Waals surface area contributed by atoms with E-state index in [4.69, 9.17) is 0 Å². The van der Waals surface area contributed by atoms with Gasteiger partial charge in [0.2, 0.25) is 0 Å². The zero-order chi connectivity index (χ0) is 13.0. The number of aryl methyl sites for hydroxylation is 2. The Morgan fingerprint density at radius 1 is 1.22 bits per heavy atom. The molecule has 1 aromatic carbocycles. The van der Waals surface area contributed by atoms with Gasteiger partial charge in [0.15, 0.2) is 4.34 Å². The van der Waals surface area contributed by atoms with E-state index in [0.29, 0.717) is 0 Å². The predicted molar refractivity (Wildman–Crippen MR) is 79.5 cm³/mol. The van der Waals surface area contributed by atoms with Gasteiger partial charge in [-0.05, 0) is 30.7 Å². The van der Waals surface area contributed by atoms with Crippen molar-refractivity contribution >= 4 is 28.8 Å². The van der Waals surface area contributed by atoms with Gasteiger partial charge in [-0.1, -0.05) is 48.2 Å². The molecule has 18 heavy (non-hydrogen) atoms. The summed E-state index contributed by atoms with van der Waals surface area (Å²) in [6, 6.07) is 6.32. The number of nitrogens with one attached hydrogen (secondary N) is 1. The fourth-order valence-electron chi connectivity index (χ4n) is 1.75. The summed E-state index contributed by atoms with van der Waals surface area (Å²) in [5.41, 5.74) is 3.74. The first kappa shape index (κ1) is 13.4. The van der Waals surface area contributed by atoms with Crippen LogP contribution in [0.2, 0.25) is 0 Å². The van der Waals surface area contributed by atoms with Gasteiger partial charge < -0.3 is 5.32 Å². The third-order valence-corrected chi connectivity index (χ3v) is 4.55. The average molecular weight is 279 g/mol. The highest BCUT2D eigenvalue weighted by molar-refractivity contribution is 8.00. The molecule has 0 fully saturated rings. The van der Waals surface area contributed by atoms with E-state index < -0.39 is 0 Å². The molecule has 1 N–H and O–H groups in total. The van der Waals surface area contributed by atoms with Crippen molar-refractivity contribution in [3.05, 3.63) is 34.3 Å². The first-order valence-electron chi connectivity index (χ1n) is 5.96. The minimum absolute atomic E-state index is 0.744. The number of hydrogen-bond donors (Lipinski definition) is 1. The lowest BCUT2D eigenvalue weighted by molar-refractivity contribution is 0.946. The third-order valence-electron chi connectivity index (χ3n) is 2.61. The van der Waals surface area contributed by atoms with E-state index in [1.54, 1.807) is 23.1 Å². The zero-order valence-electron chi connectivity index (χ0n) is 10.9. The molecule has 2 rings (SSSR count). The maximum absolute atomic E-state index is 4.19. The van der Waals surface area contributed by atoms with Gasteiger partial charge >= 0.3 is 0 Å². The Hall–Kier alpha value is -1.07. The molecule has 3 nitrogen and oxygen atoms in total. The summed E-state index contributed by atoms with van der Waals surface area (Å²) in [7, 11) is 0. The van der Waals surface area contributed by atoms with Crippen molar-refractivity contribution in [1.29, 1.82) is 0 Å². The molecule has 5 heteroatoms. The minimum atomic E-state index is 0.744. The minimum Gasteiger partial charge on any atom is -0.378 e. The van der Waals surface area contributed by atoms with Crippen LogP contribution in [0.25, 0.3) is 0 Å². The molecule has 1 heterocycles. The fourth-order valence-corrected chi connectivity index (χ4v) is 3.48. The average Bonchev–Trinajstić information content (AvgIpc) is 2.77. The maximum atomic E-state index is 4.19. The molecule has 0 bridgehead atoms. The number of thioether (sulfide) groups is 1. The van der Waals surface area contributed by atoms with Crippen LogP contribution in [0.5, 0.6) is 0 Å². The van der Waals surface area contributed by atoms with E-state index in [1.165, 1.54) is 16.8 Å². The topological polar surface area (TPSA) is 37.8 Å². The van der Waals surface area contributed by atoms with Crippen LogP contribution in [-0.2, 0) is 6.54 Å². The Bertz CT molecular complexity index is 502. The second kappa shape index (κ2) is 6.20. The number of anilines is 1. The van der Waals surface area contributed by atoms with Crippen LogP contribution in [0.3, 0.4) is 0 Å². The van der Waals surface area contributed by atoms with Crippen LogP contribution >= 0.6 is 23.1 Å². The molecule has 0 amide bonds. The summed E-state index contributed by atoms with van der Waals surface area (Å²) in [6.45, 7) is 7.11. The summed E-state index contributed by atoms with van der Waals surface area (Å²) >= 11 is 3.41. The number of rotatable bonds is 5. The Balaban J connectivity index is 2.02. The van der Waals surface area contributed by atoms with Crippen LogP contribution in [0.15, 0.2) is 22.5 Å². The summed E-state index contributed by atoms with van der Waals surface area (Å²) in [4.78, 5) is 0. The van der Waals surface area contributed by atoms with E-state index in [2.05, 4.69) is 54.5 Å². The van der Waals surface area contributed by atoms with Crippen LogP contribution < -0.4 is 5.32 Å². The van der Waals surface area contributed by atoms with E-state index in [-0.39, 0.29) is 0 Å². The molecule has 0 saturated heterocycles. The van der Waals surface area contributed by atoms with Gasteiger partial charge in [0.05, 0.1) is 6.54 Å². The number of nitrogens with zero attached hydrogens (tertiary/aromatic N) is 2. The largest absolute Gasteiger partial charge is 0.378 e. The molecule has 0 aliphatic carbocycles. The monoisotopic (exact) mass is 279 g/mol. The summed E-state index contributed by atoms with van der Waals surface area (Å²) in [5.74, 6) is 1.04. The smallest absolute Gasteiger partial charge is 0.174 e. The molecule has 1 aromatic heterocycles. The highest BCUT2D eigenvalue weighted by atomic mass is 32.2. The first-order valence-corrected chi connectivity index (χ1v) is 7.76. The van der Waals surface area contributed by atoms with Gasteiger partial charge in [0.25, 0.3) is 0 Å². The van der Waals surface area contributed by atoms with Gasteiger partial charge in [-0.25, -0.2) is 0 Å². The van der Waals surface area contributed by atoms with Crippen molar-refractivity contribution in [2.45, 2.75) is 31.7 Å². The lowest BCUT2D eigenvalue weighted by atomic mass is 10.1. The molecule has 0 aliphatic heterocycles. The van der Waals surface area contributed by atoms with Gasteiger partial charge in [0, 0.05) is 5.69 Å². The number of benzene rings is 1. The van der Waals surface area contributed by atoms with Gasteiger partial charge in [-0.3, -0.25) is 0 Å². The zero-order valence-corrected chi connectivity index (χ0v) is 12.5.